The molecule has 1 fully saturated rings. The Morgan fingerprint density at radius 2 is 2.09 bits per heavy atom. The second kappa shape index (κ2) is 9.95. The Morgan fingerprint density at radius 3 is 2.76 bits per heavy atom. The standard InChI is InChI=1S/C25H36N6O2/c1-6-22(18-12-31(13-18)17(4)5)33-19-7-8-20-23(11-19)32-10-9-30-14-21(29-25(20)30)24(27-15-26)28-16(2)3/h7-8,11,14-18,22H,6,9-10,12-13H2,1-5H3,(H2,26,27,28). The minimum atomic E-state index is 0.0929. The topological polar surface area (TPSA) is 90.3 Å². The molecular formula is C25H36N6O2. The van der Waals surface area contributed by atoms with Crippen LogP contribution >= 0.6 is 0 Å². The van der Waals surface area contributed by atoms with Gasteiger partial charge >= 0.3 is 0 Å². The van der Waals surface area contributed by atoms with Gasteiger partial charge < -0.3 is 24.7 Å². The number of ether oxygens (including phenoxy) is 2. The second-order valence-electron chi connectivity index (χ2n) is 9.35. The number of aromatic nitrogens is 2. The summed E-state index contributed by atoms with van der Waals surface area (Å²) in [5.74, 6) is 3.59. The number of imidazole rings is 1. The van der Waals surface area contributed by atoms with Gasteiger partial charge in [-0.1, -0.05) is 6.92 Å². The van der Waals surface area contributed by atoms with Crippen LogP contribution in [0.15, 0.2) is 34.4 Å². The molecule has 3 heterocycles. The van der Waals surface area contributed by atoms with Crippen LogP contribution in [0.2, 0.25) is 0 Å². The predicted molar refractivity (Wildman–Crippen MR) is 132 cm³/mol. The Hall–Kier alpha value is -2.87. The molecule has 8 nitrogen and oxygen atoms in total. The lowest BCUT2D eigenvalue weighted by Gasteiger charge is -2.45. The van der Waals surface area contributed by atoms with Crippen LogP contribution in [0.25, 0.3) is 11.4 Å². The van der Waals surface area contributed by atoms with Crippen LogP contribution in [0, 0.1) is 5.92 Å². The highest BCUT2D eigenvalue weighted by molar-refractivity contribution is 6.01. The molecule has 178 valence electrons. The average Bonchev–Trinajstić information content (AvgIpc) is 3.07. The number of aliphatic imine (C=N–C) groups is 2. The first-order valence-electron chi connectivity index (χ1n) is 12.0. The minimum Gasteiger partial charge on any atom is -0.491 e. The van der Waals surface area contributed by atoms with Gasteiger partial charge in [0.25, 0.3) is 0 Å². The number of fused-ring (bicyclic) bond motifs is 3. The van der Waals surface area contributed by atoms with Crippen molar-refractivity contribution in [3.63, 3.8) is 0 Å². The van der Waals surface area contributed by atoms with Gasteiger partial charge in [0, 0.05) is 43.4 Å². The summed E-state index contributed by atoms with van der Waals surface area (Å²) >= 11 is 0. The number of hydrogen-bond donors (Lipinski definition) is 1. The maximum atomic E-state index is 6.42. The number of likely N-dealkylation sites (tertiary alicyclic amines) is 1. The zero-order valence-electron chi connectivity index (χ0n) is 20.4. The van der Waals surface area contributed by atoms with E-state index in [0.717, 1.165) is 42.4 Å². The Kier molecular flexibility index (Phi) is 7.02. The molecule has 0 radical (unpaired) electrons. The van der Waals surface area contributed by atoms with Crippen molar-refractivity contribution in [1.29, 1.82) is 0 Å². The van der Waals surface area contributed by atoms with E-state index in [0.29, 0.717) is 36.6 Å². The maximum Gasteiger partial charge on any atom is 0.176 e. The van der Waals surface area contributed by atoms with Crippen molar-refractivity contribution in [1.82, 2.24) is 14.5 Å². The Morgan fingerprint density at radius 1 is 1.30 bits per heavy atom. The van der Waals surface area contributed by atoms with E-state index in [1.165, 1.54) is 6.34 Å². The zero-order valence-corrected chi connectivity index (χ0v) is 20.4. The predicted octanol–water partition coefficient (Wildman–Crippen LogP) is 3.58. The Labute approximate surface area is 196 Å². The van der Waals surface area contributed by atoms with Gasteiger partial charge in [-0.3, -0.25) is 4.99 Å². The van der Waals surface area contributed by atoms with E-state index in [1.54, 1.807) is 0 Å². The molecule has 4 rings (SSSR count). The number of amidine groups is 1. The molecule has 1 atom stereocenters. The van der Waals surface area contributed by atoms with Crippen molar-refractivity contribution >= 4 is 12.2 Å². The first kappa shape index (κ1) is 23.3. The van der Waals surface area contributed by atoms with Gasteiger partial charge in [-0.15, -0.1) is 0 Å². The van der Waals surface area contributed by atoms with Crippen LogP contribution in [0.1, 0.15) is 46.7 Å². The SMILES string of the molecule is CCC(Oc1ccc2c(c1)OCCn1cc(C(N=CN)=NC(C)C)nc1-2)C1CN(C(C)C)C1. The van der Waals surface area contributed by atoms with Gasteiger partial charge in [0.1, 0.15) is 35.7 Å². The number of benzene rings is 1. The van der Waals surface area contributed by atoms with Gasteiger partial charge in [0.05, 0.1) is 18.4 Å². The van der Waals surface area contributed by atoms with Gasteiger partial charge in [0.15, 0.2) is 5.84 Å². The summed E-state index contributed by atoms with van der Waals surface area (Å²) in [4.78, 5) is 16.1. The van der Waals surface area contributed by atoms with E-state index < -0.39 is 0 Å². The lowest BCUT2D eigenvalue weighted by molar-refractivity contribution is -0.00898. The summed E-state index contributed by atoms with van der Waals surface area (Å²) in [6, 6.07) is 6.75. The van der Waals surface area contributed by atoms with Crippen LogP contribution in [0.5, 0.6) is 11.5 Å². The van der Waals surface area contributed by atoms with Gasteiger partial charge in [-0.2, -0.15) is 0 Å². The normalized spacial score (nSPS) is 18.1. The number of rotatable bonds is 7. The summed E-state index contributed by atoms with van der Waals surface area (Å²) in [6.07, 6.45) is 4.43. The summed E-state index contributed by atoms with van der Waals surface area (Å²) in [6.45, 7) is 14.1. The third-order valence-electron chi connectivity index (χ3n) is 6.25. The van der Waals surface area contributed by atoms with Crippen molar-refractivity contribution in [2.75, 3.05) is 19.7 Å². The summed E-state index contributed by atoms with van der Waals surface area (Å²) in [7, 11) is 0. The van der Waals surface area contributed by atoms with E-state index >= 15 is 0 Å². The highest BCUT2D eigenvalue weighted by Crippen LogP contribution is 2.36. The molecule has 0 bridgehead atoms. The summed E-state index contributed by atoms with van der Waals surface area (Å²) in [5, 5.41) is 0. The largest absolute Gasteiger partial charge is 0.491 e. The zero-order chi connectivity index (χ0) is 23.5. The van der Waals surface area contributed by atoms with Crippen LogP contribution < -0.4 is 15.2 Å². The van der Waals surface area contributed by atoms with Crippen molar-refractivity contribution in [2.45, 2.75) is 65.8 Å². The monoisotopic (exact) mass is 452 g/mol. The fourth-order valence-electron chi connectivity index (χ4n) is 4.42. The lowest BCUT2D eigenvalue weighted by Crippen LogP contribution is -2.55. The van der Waals surface area contributed by atoms with E-state index in [2.05, 4.69) is 40.2 Å². The molecule has 1 aromatic carbocycles. The van der Waals surface area contributed by atoms with Crippen LogP contribution in [-0.4, -0.2) is 64.5 Å². The van der Waals surface area contributed by atoms with E-state index in [-0.39, 0.29) is 12.1 Å². The smallest absolute Gasteiger partial charge is 0.176 e. The molecule has 2 aliphatic heterocycles. The summed E-state index contributed by atoms with van der Waals surface area (Å²) in [5.41, 5.74) is 7.19. The highest BCUT2D eigenvalue weighted by Gasteiger charge is 2.35. The third kappa shape index (κ3) is 5.05. The lowest BCUT2D eigenvalue weighted by atomic mass is 9.90. The van der Waals surface area contributed by atoms with E-state index in [9.17, 15) is 0 Å². The molecule has 1 aromatic heterocycles. The quantitative estimate of drug-likeness (QED) is 0.512. The Bertz CT molecular complexity index is 1020. The molecule has 2 N–H and O–H groups in total. The Balaban J connectivity index is 1.57. The average molecular weight is 453 g/mol. The van der Waals surface area contributed by atoms with E-state index in [4.69, 9.17) is 20.2 Å². The first-order valence-corrected chi connectivity index (χ1v) is 12.0. The fraction of sp³-hybridized carbons (Fsp3) is 0.560. The fourth-order valence-corrected chi connectivity index (χ4v) is 4.42. The van der Waals surface area contributed by atoms with Gasteiger partial charge in [0.2, 0.25) is 0 Å². The van der Waals surface area contributed by atoms with Crippen molar-refractivity contribution in [3.05, 3.63) is 30.1 Å². The molecule has 0 saturated carbocycles. The van der Waals surface area contributed by atoms with Crippen LogP contribution in [0.4, 0.5) is 0 Å². The van der Waals surface area contributed by atoms with Crippen molar-refractivity contribution in [3.8, 4) is 22.9 Å². The molecule has 2 aliphatic rings. The maximum absolute atomic E-state index is 6.42. The first-order chi connectivity index (χ1) is 15.9. The third-order valence-corrected chi connectivity index (χ3v) is 6.25. The molecule has 33 heavy (non-hydrogen) atoms. The van der Waals surface area contributed by atoms with Crippen LogP contribution in [-0.2, 0) is 6.54 Å². The number of nitrogens with two attached hydrogens (primary N) is 1. The summed E-state index contributed by atoms with van der Waals surface area (Å²) < 4.78 is 14.6. The molecule has 0 amide bonds. The van der Waals surface area contributed by atoms with Crippen molar-refractivity contribution < 1.29 is 9.47 Å². The molecule has 8 heteroatoms. The van der Waals surface area contributed by atoms with Gasteiger partial charge in [-0.25, -0.2) is 9.98 Å². The highest BCUT2D eigenvalue weighted by atomic mass is 16.5. The number of nitrogens with zero attached hydrogens (tertiary/aromatic N) is 5. The van der Waals surface area contributed by atoms with Crippen molar-refractivity contribution in [2.24, 2.45) is 21.6 Å². The van der Waals surface area contributed by atoms with Gasteiger partial charge in [-0.05, 0) is 46.2 Å². The molecule has 0 spiro atoms. The van der Waals surface area contributed by atoms with Crippen LogP contribution in [0.3, 0.4) is 0 Å². The second-order valence-corrected chi connectivity index (χ2v) is 9.35. The van der Waals surface area contributed by atoms with E-state index in [1.807, 2.05) is 38.2 Å². The molecule has 2 aromatic rings. The molecule has 1 saturated heterocycles. The molecule has 0 aliphatic carbocycles. The molecule has 1 unspecified atom stereocenters. The molecular weight excluding hydrogens is 416 g/mol. The number of hydrogen-bond acceptors (Lipinski definition) is 5. The minimum absolute atomic E-state index is 0.0929.